The summed E-state index contributed by atoms with van der Waals surface area (Å²) in [5, 5.41) is 4.54. The minimum absolute atomic E-state index is 0.122. The van der Waals surface area contributed by atoms with Crippen molar-refractivity contribution < 1.29 is 19.1 Å². The molecule has 5 rings (SSSR count). The Morgan fingerprint density at radius 2 is 2.00 bits per heavy atom. The number of carbonyl (C=O) groups excluding carboxylic acids is 2. The maximum Gasteiger partial charge on any atom is 0.339 e. The molecule has 1 atom stereocenters. The van der Waals surface area contributed by atoms with E-state index in [1.54, 1.807) is 35.9 Å². The Balaban J connectivity index is 1.44. The van der Waals surface area contributed by atoms with Gasteiger partial charge in [-0.2, -0.15) is 5.10 Å². The fraction of sp³-hybridized carbons (Fsp3) is 0.292. The first-order valence-electron chi connectivity index (χ1n) is 10.3. The molecule has 3 aromatic rings. The number of methoxy groups -OCH3 is 1. The number of benzene rings is 2. The van der Waals surface area contributed by atoms with Crippen LogP contribution in [0.1, 0.15) is 39.3 Å². The number of hydrogen-bond donors (Lipinski definition) is 0. The number of hydrogen-bond acceptors (Lipinski definition) is 5. The van der Waals surface area contributed by atoms with Gasteiger partial charge in [-0.1, -0.05) is 30.3 Å². The van der Waals surface area contributed by atoms with Crippen LogP contribution < -0.4 is 4.74 Å². The number of likely N-dealkylation sites (tertiary alicyclic amines) is 1. The van der Waals surface area contributed by atoms with Crippen molar-refractivity contribution in [3.8, 4) is 17.0 Å². The van der Waals surface area contributed by atoms with Crippen LogP contribution in [-0.2, 0) is 17.4 Å². The van der Waals surface area contributed by atoms with Crippen molar-refractivity contribution in [3.05, 3.63) is 71.4 Å². The van der Waals surface area contributed by atoms with Crippen LogP contribution in [0.2, 0.25) is 0 Å². The Morgan fingerprint density at radius 1 is 1.16 bits per heavy atom. The quantitative estimate of drug-likeness (QED) is 0.611. The third-order valence-electron chi connectivity index (χ3n) is 6.13. The highest BCUT2D eigenvalue weighted by molar-refractivity contribution is 5.96. The van der Waals surface area contributed by atoms with E-state index in [4.69, 9.17) is 9.47 Å². The van der Waals surface area contributed by atoms with Gasteiger partial charge in [0, 0.05) is 24.7 Å². The average Bonchev–Trinajstić information content (AvgIpc) is 3.31. The zero-order valence-electron chi connectivity index (χ0n) is 17.5. The molecule has 7 heteroatoms. The summed E-state index contributed by atoms with van der Waals surface area (Å²) in [6.45, 7) is 0.953. The number of carbonyl (C=O) groups is 2. The number of amides is 1. The smallest absolute Gasteiger partial charge is 0.339 e. The lowest BCUT2D eigenvalue weighted by atomic mass is 9.85. The van der Waals surface area contributed by atoms with Gasteiger partial charge in [0.25, 0.3) is 5.91 Å². The molecule has 7 nitrogen and oxygen atoms in total. The third kappa shape index (κ3) is 3.17. The lowest BCUT2D eigenvalue weighted by Gasteiger charge is -2.39. The van der Waals surface area contributed by atoms with Gasteiger partial charge in [-0.15, -0.1) is 0 Å². The van der Waals surface area contributed by atoms with Gasteiger partial charge >= 0.3 is 5.97 Å². The molecule has 2 aliphatic heterocycles. The second kappa shape index (κ2) is 7.27. The van der Waals surface area contributed by atoms with Crippen molar-refractivity contribution >= 4 is 11.9 Å². The van der Waals surface area contributed by atoms with Crippen LogP contribution in [0.25, 0.3) is 11.3 Å². The number of esters is 1. The highest BCUT2D eigenvalue weighted by Crippen LogP contribution is 2.43. The van der Waals surface area contributed by atoms with Gasteiger partial charge in [0.15, 0.2) is 5.60 Å². The molecule has 3 heterocycles. The molecule has 2 aromatic carbocycles. The SMILES string of the molecule is COc1cccc(-c2cc(C(=O)N3CCC[C@@]4(C3)OC(=O)c3ccccc34)n(C)n2)c1. The maximum atomic E-state index is 13.4. The molecule has 1 fully saturated rings. The van der Waals surface area contributed by atoms with Gasteiger partial charge in [-0.3, -0.25) is 9.48 Å². The zero-order chi connectivity index (χ0) is 21.6. The summed E-state index contributed by atoms with van der Waals surface area (Å²) in [6, 6.07) is 16.8. The fourth-order valence-corrected chi connectivity index (χ4v) is 4.60. The molecule has 31 heavy (non-hydrogen) atoms. The second-order valence-electron chi connectivity index (χ2n) is 8.03. The Hall–Kier alpha value is -3.61. The fourth-order valence-electron chi connectivity index (χ4n) is 4.60. The van der Waals surface area contributed by atoms with Crippen LogP contribution in [-0.4, -0.2) is 46.8 Å². The van der Waals surface area contributed by atoms with Gasteiger partial charge in [0.1, 0.15) is 11.4 Å². The topological polar surface area (TPSA) is 73.7 Å². The first-order valence-corrected chi connectivity index (χ1v) is 10.3. The Bertz CT molecular complexity index is 1190. The normalized spacial score (nSPS) is 19.9. The standard InChI is InChI=1S/C24H23N3O4/c1-26-21(14-20(25-26)16-7-5-8-17(13-16)30-2)22(28)27-12-6-11-24(15-27)19-10-4-3-9-18(19)23(29)31-24/h3-5,7-10,13-14H,6,11-12,15H2,1-2H3/t24-/m0/s1. The number of fused-ring (bicyclic) bond motifs is 2. The molecule has 158 valence electrons. The van der Waals surface area contributed by atoms with Crippen molar-refractivity contribution in [2.75, 3.05) is 20.2 Å². The molecule has 1 spiro atoms. The second-order valence-corrected chi connectivity index (χ2v) is 8.03. The molecular formula is C24H23N3O4. The van der Waals surface area contributed by atoms with Crippen LogP contribution in [0.15, 0.2) is 54.6 Å². The summed E-state index contributed by atoms with van der Waals surface area (Å²) in [4.78, 5) is 27.6. The van der Waals surface area contributed by atoms with E-state index in [1.807, 2.05) is 42.5 Å². The van der Waals surface area contributed by atoms with E-state index in [9.17, 15) is 9.59 Å². The number of piperidine rings is 1. The van der Waals surface area contributed by atoms with E-state index in [-0.39, 0.29) is 11.9 Å². The maximum absolute atomic E-state index is 13.4. The number of ether oxygens (including phenoxy) is 2. The van der Waals surface area contributed by atoms with Gasteiger partial charge in [-0.25, -0.2) is 4.79 Å². The first kappa shape index (κ1) is 19.4. The van der Waals surface area contributed by atoms with Crippen LogP contribution in [0.5, 0.6) is 5.75 Å². The van der Waals surface area contributed by atoms with E-state index in [0.717, 1.165) is 23.3 Å². The van der Waals surface area contributed by atoms with Gasteiger partial charge in [0.2, 0.25) is 0 Å². The summed E-state index contributed by atoms with van der Waals surface area (Å²) in [5.74, 6) is 0.296. The molecule has 1 aromatic heterocycles. The largest absolute Gasteiger partial charge is 0.497 e. The number of nitrogens with zero attached hydrogens (tertiary/aromatic N) is 3. The molecule has 0 N–H and O–H groups in total. The van der Waals surface area contributed by atoms with Crippen molar-refractivity contribution in [1.82, 2.24) is 14.7 Å². The summed E-state index contributed by atoms with van der Waals surface area (Å²) in [5.41, 5.74) is 2.78. The molecule has 0 radical (unpaired) electrons. The Labute approximate surface area is 180 Å². The predicted molar refractivity (Wildman–Crippen MR) is 114 cm³/mol. The molecule has 0 aliphatic carbocycles. The summed E-state index contributed by atoms with van der Waals surface area (Å²) >= 11 is 0. The Kier molecular flexibility index (Phi) is 4.54. The molecule has 0 bridgehead atoms. The third-order valence-corrected chi connectivity index (χ3v) is 6.13. The molecular weight excluding hydrogens is 394 g/mol. The van der Waals surface area contributed by atoms with E-state index in [2.05, 4.69) is 5.10 Å². The van der Waals surface area contributed by atoms with E-state index < -0.39 is 5.60 Å². The summed E-state index contributed by atoms with van der Waals surface area (Å²) in [7, 11) is 3.38. The average molecular weight is 417 g/mol. The Morgan fingerprint density at radius 3 is 2.84 bits per heavy atom. The van der Waals surface area contributed by atoms with Crippen LogP contribution in [0, 0.1) is 0 Å². The van der Waals surface area contributed by atoms with E-state index >= 15 is 0 Å². The molecule has 0 saturated carbocycles. The molecule has 0 unspecified atom stereocenters. The molecule has 1 amide bonds. The van der Waals surface area contributed by atoms with Gasteiger partial charge < -0.3 is 14.4 Å². The van der Waals surface area contributed by atoms with Crippen LogP contribution >= 0.6 is 0 Å². The predicted octanol–water partition coefficient (Wildman–Crippen LogP) is 3.40. The summed E-state index contributed by atoms with van der Waals surface area (Å²) < 4.78 is 12.7. The molecule has 1 saturated heterocycles. The van der Waals surface area contributed by atoms with Crippen molar-refractivity contribution in [2.45, 2.75) is 18.4 Å². The lowest BCUT2D eigenvalue weighted by Crippen LogP contribution is -2.49. The minimum Gasteiger partial charge on any atom is -0.497 e. The van der Waals surface area contributed by atoms with E-state index in [1.165, 1.54) is 0 Å². The van der Waals surface area contributed by atoms with Gasteiger partial charge in [-0.05, 0) is 37.1 Å². The summed E-state index contributed by atoms with van der Waals surface area (Å²) in [6.07, 6.45) is 1.47. The van der Waals surface area contributed by atoms with Crippen molar-refractivity contribution in [2.24, 2.45) is 7.05 Å². The lowest BCUT2D eigenvalue weighted by molar-refractivity contribution is -0.0444. The van der Waals surface area contributed by atoms with Crippen LogP contribution in [0.4, 0.5) is 0 Å². The van der Waals surface area contributed by atoms with E-state index in [0.29, 0.717) is 36.5 Å². The highest BCUT2D eigenvalue weighted by Gasteiger charge is 2.49. The zero-order valence-corrected chi connectivity index (χ0v) is 17.5. The monoisotopic (exact) mass is 417 g/mol. The van der Waals surface area contributed by atoms with Crippen LogP contribution in [0.3, 0.4) is 0 Å². The number of aryl methyl sites for hydroxylation is 1. The highest BCUT2D eigenvalue weighted by atomic mass is 16.6. The number of aromatic nitrogens is 2. The van der Waals surface area contributed by atoms with Crippen molar-refractivity contribution in [3.63, 3.8) is 0 Å². The molecule has 2 aliphatic rings. The van der Waals surface area contributed by atoms with Gasteiger partial charge in [0.05, 0.1) is 24.9 Å². The minimum atomic E-state index is -0.768. The first-order chi connectivity index (χ1) is 15.0. The number of rotatable bonds is 3. The van der Waals surface area contributed by atoms with Crippen molar-refractivity contribution in [1.29, 1.82) is 0 Å².